The fraction of sp³-hybridized carbons (Fsp3) is 0.385. The van der Waals surface area contributed by atoms with Gasteiger partial charge in [-0.1, -0.05) is 12.1 Å². The van der Waals surface area contributed by atoms with Gasteiger partial charge >= 0.3 is 5.97 Å². The smallest absolute Gasteiger partial charge is 0.326 e. The van der Waals surface area contributed by atoms with E-state index in [1.54, 1.807) is 12.1 Å². The Balaban J connectivity index is 2.17. The van der Waals surface area contributed by atoms with Crippen LogP contribution in [0.1, 0.15) is 12.0 Å². The van der Waals surface area contributed by atoms with Crippen LogP contribution in [-0.2, 0) is 16.0 Å². The van der Waals surface area contributed by atoms with E-state index in [0.29, 0.717) is 5.56 Å². The quantitative estimate of drug-likeness (QED) is 0.707. The number of carbonyl (C=O) groups is 2. The summed E-state index contributed by atoms with van der Waals surface area (Å²) in [5.41, 5.74) is 6.34. The lowest BCUT2D eigenvalue weighted by atomic mass is 10.0. The van der Waals surface area contributed by atoms with Crippen LogP contribution in [0.2, 0.25) is 0 Å². The number of hydrogen-bond donors (Lipinski definition) is 3. The highest BCUT2D eigenvalue weighted by Crippen LogP contribution is 2.19. The molecule has 1 aromatic carbocycles. The van der Waals surface area contributed by atoms with E-state index in [1.807, 2.05) is 0 Å². The number of carbonyl (C=O) groups excluding carboxylic acids is 1. The first-order valence-electron chi connectivity index (χ1n) is 6.03. The third-order valence-electron chi connectivity index (χ3n) is 3.19. The van der Waals surface area contributed by atoms with Crippen LogP contribution in [0.15, 0.2) is 24.3 Å². The first-order valence-corrected chi connectivity index (χ1v) is 6.03. The van der Waals surface area contributed by atoms with Crippen molar-refractivity contribution >= 4 is 11.9 Å². The molecule has 1 aromatic rings. The minimum Gasteiger partial charge on any atom is -0.508 e. The number of nitrogens with zero attached hydrogens (tertiary/aromatic N) is 1. The number of phenolic OH excluding ortho intramolecular Hbond substituents is 1. The van der Waals surface area contributed by atoms with Crippen molar-refractivity contribution in [2.75, 3.05) is 6.54 Å². The molecule has 1 aliphatic rings. The van der Waals surface area contributed by atoms with E-state index in [-0.39, 0.29) is 37.1 Å². The number of aromatic hydroxyl groups is 1. The van der Waals surface area contributed by atoms with Crippen LogP contribution in [0.25, 0.3) is 0 Å². The van der Waals surface area contributed by atoms with Gasteiger partial charge in [0.25, 0.3) is 0 Å². The maximum absolute atomic E-state index is 11.7. The van der Waals surface area contributed by atoms with Crippen LogP contribution >= 0.6 is 0 Å². The molecular formula is C13H16N2O4. The summed E-state index contributed by atoms with van der Waals surface area (Å²) in [7, 11) is 0. The third kappa shape index (κ3) is 3.03. The molecule has 2 rings (SSSR count). The zero-order valence-electron chi connectivity index (χ0n) is 10.3. The van der Waals surface area contributed by atoms with E-state index >= 15 is 0 Å². The molecule has 1 heterocycles. The molecule has 19 heavy (non-hydrogen) atoms. The van der Waals surface area contributed by atoms with Crippen LogP contribution in [-0.4, -0.2) is 45.6 Å². The second kappa shape index (κ2) is 5.27. The summed E-state index contributed by atoms with van der Waals surface area (Å²) in [5, 5.41) is 18.6. The average Bonchev–Trinajstić information content (AvgIpc) is 2.65. The Morgan fingerprint density at radius 1 is 1.53 bits per heavy atom. The minimum absolute atomic E-state index is 0.0751. The molecule has 1 fully saturated rings. The maximum atomic E-state index is 11.7. The lowest BCUT2D eigenvalue weighted by molar-refractivity contribution is -0.148. The maximum Gasteiger partial charge on any atom is 0.326 e. The van der Waals surface area contributed by atoms with E-state index < -0.39 is 12.0 Å². The fourth-order valence-corrected chi connectivity index (χ4v) is 2.30. The van der Waals surface area contributed by atoms with Gasteiger partial charge < -0.3 is 20.8 Å². The Morgan fingerprint density at radius 3 is 2.79 bits per heavy atom. The molecule has 1 amide bonds. The standard InChI is InChI=1S/C13H16N2O4/c14-9-6-12(17)15(7-9)11(13(18)19)5-8-2-1-3-10(16)4-8/h1-4,9,11,16H,5-7,14H2,(H,18,19). The van der Waals surface area contributed by atoms with Gasteiger partial charge in [-0.05, 0) is 17.7 Å². The van der Waals surface area contributed by atoms with Crippen molar-refractivity contribution in [3.8, 4) is 5.75 Å². The summed E-state index contributed by atoms with van der Waals surface area (Å²) in [6.07, 6.45) is 0.339. The minimum atomic E-state index is -1.06. The van der Waals surface area contributed by atoms with Gasteiger partial charge in [-0.3, -0.25) is 4.79 Å². The molecule has 4 N–H and O–H groups in total. The summed E-state index contributed by atoms with van der Waals surface area (Å²) in [5.74, 6) is -1.23. The van der Waals surface area contributed by atoms with Crippen molar-refractivity contribution in [2.24, 2.45) is 5.73 Å². The molecule has 2 unspecified atom stereocenters. The number of aliphatic carboxylic acids is 1. The van der Waals surface area contributed by atoms with Crippen LogP contribution in [0, 0.1) is 0 Å². The lowest BCUT2D eigenvalue weighted by Gasteiger charge is -2.24. The predicted molar refractivity (Wildman–Crippen MR) is 67.5 cm³/mol. The summed E-state index contributed by atoms with van der Waals surface area (Å²) in [6.45, 7) is 0.259. The largest absolute Gasteiger partial charge is 0.508 e. The highest BCUT2D eigenvalue weighted by molar-refractivity contribution is 5.85. The molecule has 6 nitrogen and oxygen atoms in total. The van der Waals surface area contributed by atoms with E-state index in [1.165, 1.54) is 17.0 Å². The van der Waals surface area contributed by atoms with E-state index in [0.717, 1.165) is 0 Å². The molecule has 1 saturated heterocycles. The van der Waals surface area contributed by atoms with Gasteiger partial charge in [0.1, 0.15) is 11.8 Å². The van der Waals surface area contributed by atoms with Crippen LogP contribution in [0.3, 0.4) is 0 Å². The molecule has 0 aromatic heterocycles. The average molecular weight is 264 g/mol. The molecule has 102 valence electrons. The molecule has 6 heteroatoms. The van der Waals surface area contributed by atoms with Crippen LogP contribution in [0.5, 0.6) is 5.75 Å². The molecule has 0 spiro atoms. The second-order valence-corrected chi connectivity index (χ2v) is 4.74. The van der Waals surface area contributed by atoms with Crippen molar-refractivity contribution in [2.45, 2.75) is 24.9 Å². The molecular weight excluding hydrogens is 248 g/mol. The van der Waals surface area contributed by atoms with Crippen molar-refractivity contribution in [3.05, 3.63) is 29.8 Å². The number of carboxylic acid groups (broad SMARTS) is 1. The first kappa shape index (κ1) is 13.4. The Bertz CT molecular complexity index is 503. The predicted octanol–water partition coefficient (Wildman–Crippen LogP) is -0.0525. The Labute approximate surface area is 110 Å². The third-order valence-corrected chi connectivity index (χ3v) is 3.19. The number of nitrogens with two attached hydrogens (primary N) is 1. The number of benzene rings is 1. The number of amides is 1. The fourth-order valence-electron chi connectivity index (χ4n) is 2.30. The number of phenols is 1. The SMILES string of the molecule is NC1CC(=O)N(C(Cc2cccc(O)c2)C(=O)O)C1. The van der Waals surface area contributed by atoms with Crippen molar-refractivity contribution < 1.29 is 19.8 Å². The zero-order valence-corrected chi connectivity index (χ0v) is 10.3. The Hall–Kier alpha value is -2.08. The van der Waals surface area contributed by atoms with Gasteiger partial charge in [-0.25, -0.2) is 4.79 Å². The second-order valence-electron chi connectivity index (χ2n) is 4.74. The van der Waals surface area contributed by atoms with Crippen LogP contribution < -0.4 is 5.73 Å². The number of hydrogen-bond acceptors (Lipinski definition) is 4. The zero-order chi connectivity index (χ0) is 14.0. The molecule has 1 aliphatic heterocycles. The van der Waals surface area contributed by atoms with E-state index in [9.17, 15) is 19.8 Å². The lowest BCUT2D eigenvalue weighted by Crippen LogP contribution is -2.44. The summed E-state index contributed by atoms with van der Waals surface area (Å²) in [6, 6.07) is 5.12. The van der Waals surface area contributed by atoms with Gasteiger partial charge in [0.15, 0.2) is 0 Å². The Kier molecular flexibility index (Phi) is 3.71. The highest BCUT2D eigenvalue weighted by atomic mass is 16.4. The van der Waals surface area contributed by atoms with Crippen LogP contribution in [0.4, 0.5) is 0 Å². The molecule has 0 saturated carbocycles. The van der Waals surface area contributed by atoms with Gasteiger partial charge in [0.2, 0.25) is 5.91 Å². The number of rotatable bonds is 4. The number of carboxylic acids is 1. The van der Waals surface area contributed by atoms with Crippen molar-refractivity contribution in [1.29, 1.82) is 0 Å². The van der Waals surface area contributed by atoms with Gasteiger partial charge in [0.05, 0.1) is 0 Å². The summed E-state index contributed by atoms with van der Waals surface area (Å²) in [4.78, 5) is 24.4. The number of likely N-dealkylation sites (tertiary alicyclic amines) is 1. The Morgan fingerprint density at radius 2 is 2.26 bits per heavy atom. The molecule has 0 radical (unpaired) electrons. The monoisotopic (exact) mass is 264 g/mol. The van der Waals surface area contributed by atoms with Gasteiger partial charge in [0, 0.05) is 25.4 Å². The van der Waals surface area contributed by atoms with Gasteiger partial charge in [-0.2, -0.15) is 0 Å². The molecule has 0 aliphatic carbocycles. The normalized spacial score (nSPS) is 20.6. The first-order chi connectivity index (χ1) is 8.97. The van der Waals surface area contributed by atoms with Gasteiger partial charge in [-0.15, -0.1) is 0 Å². The molecule has 2 atom stereocenters. The highest BCUT2D eigenvalue weighted by Gasteiger charge is 2.36. The molecule has 0 bridgehead atoms. The van der Waals surface area contributed by atoms with Crippen molar-refractivity contribution in [1.82, 2.24) is 4.90 Å². The topological polar surface area (TPSA) is 104 Å². The summed E-state index contributed by atoms with van der Waals surface area (Å²) >= 11 is 0. The summed E-state index contributed by atoms with van der Waals surface area (Å²) < 4.78 is 0. The van der Waals surface area contributed by atoms with Crippen molar-refractivity contribution in [3.63, 3.8) is 0 Å². The van der Waals surface area contributed by atoms with E-state index in [4.69, 9.17) is 5.73 Å². The van der Waals surface area contributed by atoms with E-state index in [2.05, 4.69) is 0 Å².